The number of aromatic nitrogens is 2. The van der Waals surface area contributed by atoms with Crippen LogP contribution in [0.25, 0.3) is 16.8 Å². The quantitative estimate of drug-likeness (QED) is 0.433. The molecule has 5 atom stereocenters. The number of hydrogen-bond acceptors (Lipinski definition) is 6. The van der Waals surface area contributed by atoms with Gasteiger partial charge in [0.1, 0.15) is 23.6 Å². The number of rotatable bonds is 4. The van der Waals surface area contributed by atoms with Gasteiger partial charge in [-0.25, -0.2) is 18.2 Å². The van der Waals surface area contributed by atoms with Crippen molar-refractivity contribution in [1.29, 1.82) is 0 Å². The predicted molar refractivity (Wildman–Crippen MR) is 125 cm³/mol. The summed E-state index contributed by atoms with van der Waals surface area (Å²) in [5.74, 6) is -1.58. The number of aromatic hydroxyl groups is 1. The molecule has 1 unspecified atom stereocenters. The first-order valence-corrected chi connectivity index (χ1v) is 11.5. The molecule has 1 aromatic carbocycles. The lowest BCUT2D eigenvalue weighted by Gasteiger charge is -2.47. The topological polar surface area (TPSA) is 73.3 Å². The van der Waals surface area contributed by atoms with Crippen LogP contribution < -0.4 is 15.5 Å². The zero-order chi connectivity index (χ0) is 25.1. The lowest BCUT2D eigenvalue weighted by atomic mass is 9.82. The van der Waals surface area contributed by atoms with E-state index in [-0.39, 0.29) is 39.7 Å². The summed E-state index contributed by atoms with van der Waals surface area (Å²) in [7, 11) is 1.78. The number of benzene rings is 1. The Hall–Kier alpha value is -3.14. The molecule has 3 N–H and O–H groups in total. The van der Waals surface area contributed by atoms with Gasteiger partial charge in [-0.2, -0.15) is 4.39 Å². The zero-order valence-electron chi connectivity index (χ0n) is 19.6. The van der Waals surface area contributed by atoms with Crippen LogP contribution in [-0.2, 0) is 0 Å². The van der Waals surface area contributed by atoms with Crippen LogP contribution in [0.5, 0.6) is 5.75 Å². The van der Waals surface area contributed by atoms with Crippen molar-refractivity contribution in [2.75, 3.05) is 11.9 Å². The van der Waals surface area contributed by atoms with Gasteiger partial charge in [0.2, 0.25) is 0 Å². The first-order chi connectivity index (χ1) is 16.5. The maximum atomic E-state index is 15.4. The first kappa shape index (κ1) is 23.6. The van der Waals surface area contributed by atoms with Crippen molar-refractivity contribution in [3.8, 4) is 17.0 Å². The van der Waals surface area contributed by atoms with Gasteiger partial charge in [0, 0.05) is 29.3 Å². The number of piperidine rings is 1. The summed E-state index contributed by atoms with van der Waals surface area (Å²) >= 11 is 0. The molecule has 0 amide bonds. The number of fused-ring (bicyclic) bond motifs is 2. The number of alkyl halides is 2. The van der Waals surface area contributed by atoms with E-state index in [2.05, 4.69) is 22.2 Å². The van der Waals surface area contributed by atoms with E-state index in [0.717, 1.165) is 37.1 Å². The standard InChI is InChI=1S/C25H27F4N5O/c1-24-4-5-25(2,33-24)23(29)18(10-24)34(3)22-12-30-17(11-31-22)15-8-16(26)14(9-19(15)35)13-6-20(27)32-21(28)7-13/h6-9,11-12,18,20,23,32-33,35H,4-5,10H2,1-3H3/t18-,20?,23-,24-,25+/m1/s1. The third kappa shape index (κ3) is 4.13. The van der Waals surface area contributed by atoms with E-state index in [0.29, 0.717) is 12.2 Å². The van der Waals surface area contributed by atoms with Gasteiger partial charge in [-0.1, -0.05) is 0 Å². The van der Waals surface area contributed by atoms with Crippen molar-refractivity contribution in [2.45, 2.75) is 62.7 Å². The monoisotopic (exact) mass is 489 g/mol. The third-order valence-electron chi connectivity index (χ3n) is 7.44. The van der Waals surface area contributed by atoms with E-state index in [1.54, 1.807) is 11.9 Å². The van der Waals surface area contributed by atoms with Crippen LogP contribution in [-0.4, -0.2) is 51.7 Å². The lowest BCUT2D eigenvalue weighted by molar-refractivity contribution is 0.0859. The van der Waals surface area contributed by atoms with Crippen molar-refractivity contribution in [3.63, 3.8) is 0 Å². The molecule has 3 aliphatic rings. The Morgan fingerprint density at radius 2 is 1.86 bits per heavy atom. The minimum absolute atomic E-state index is 0.0322. The summed E-state index contributed by atoms with van der Waals surface area (Å²) < 4.78 is 57.4. The van der Waals surface area contributed by atoms with E-state index in [1.807, 2.05) is 12.2 Å². The highest BCUT2D eigenvalue weighted by atomic mass is 19.2. The fourth-order valence-corrected chi connectivity index (χ4v) is 5.56. The Labute approximate surface area is 200 Å². The van der Waals surface area contributed by atoms with Gasteiger partial charge >= 0.3 is 0 Å². The van der Waals surface area contributed by atoms with Crippen molar-refractivity contribution in [2.24, 2.45) is 0 Å². The highest BCUT2D eigenvalue weighted by Gasteiger charge is 2.56. The van der Waals surface area contributed by atoms with E-state index in [1.165, 1.54) is 12.4 Å². The summed E-state index contributed by atoms with van der Waals surface area (Å²) in [6.07, 6.45) is 4.19. The highest BCUT2D eigenvalue weighted by molar-refractivity contribution is 5.80. The minimum Gasteiger partial charge on any atom is -0.507 e. The molecule has 5 rings (SSSR count). The van der Waals surface area contributed by atoms with E-state index in [4.69, 9.17) is 0 Å². The molecule has 6 nitrogen and oxygen atoms in total. The lowest BCUT2D eigenvalue weighted by Crippen LogP contribution is -2.65. The Bertz CT molecular complexity index is 1220. The molecule has 35 heavy (non-hydrogen) atoms. The molecule has 2 aromatic rings. The number of phenols is 1. The second-order valence-corrected chi connectivity index (χ2v) is 10.2. The normalized spacial score (nSPS) is 32.0. The van der Waals surface area contributed by atoms with Crippen molar-refractivity contribution >= 4 is 11.4 Å². The second kappa shape index (κ2) is 8.22. The van der Waals surface area contributed by atoms with Gasteiger partial charge in [0.25, 0.3) is 0 Å². The van der Waals surface area contributed by atoms with Crippen molar-refractivity contribution < 1.29 is 22.7 Å². The molecule has 0 spiro atoms. The summed E-state index contributed by atoms with van der Waals surface area (Å²) in [6.45, 7) is 4.02. The van der Waals surface area contributed by atoms with E-state index >= 15 is 4.39 Å². The maximum Gasteiger partial charge on any atom is 0.191 e. The average Bonchev–Trinajstić information content (AvgIpc) is 3.08. The Morgan fingerprint density at radius 3 is 2.54 bits per heavy atom. The van der Waals surface area contributed by atoms with Crippen LogP contribution in [0.3, 0.4) is 0 Å². The molecular formula is C25H27F4N5O. The molecule has 3 aliphatic heterocycles. The molecule has 2 saturated heterocycles. The summed E-state index contributed by atoms with van der Waals surface area (Å²) in [6, 6.07) is 1.76. The number of anilines is 1. The second-order valence-electron chi connectivity index (χ2n) is 10.2. The summed E-state index contributed by atoms with van der Waals surface area (Å²) in [5.41, 5.74) is -0.628. The molecule has 0 saturated carbocycles. The molecular weight excluding hydrogens is 462 g/mol. The zero-order valence-corrected chi connectivity index (χ0v) is 19.6. The number of hydrogen-bond donors (Lipinski definition) is 3. The van der Waals surface area contributed by atoms with Gasteiger partial charge in [0.15, 0.2) is 12.2 Å². The Morgan fingerprint density at radius 1 is 1.09 bits per heavy atom. The highest BCUT2D eigenvalue weighted by Crippen LogP contribution is 2.45. The summed E-state index contributed by atoms with van der Waals surface area (Å²) in [4.78, 5) is 10.5. The summed E-state index contributed by atoms with van der Waals surface area (Å²) in [5, 5.41) is 15.9. The Kier molecular flexibility index (Phi) is 5.54. The molecule has 2 bridgehead atoms. The smallest absolute Gasteiger partial charge is 0.191 e. The third-order valence-corrected chi connectivity index (χ3v) is 7.44. The molecule has 2 fully saturated rings. The number of halogens is 4. The molecule has 1 aromatic heterocycles. The average molecular weight is 490 g/mol. The van der Waals surface area contributed by atoms with Crippen LogP contribution in [0.2, 0.25) is 0 Å². The predicted octanol–water partition coefficient (Wildman–Crippen LogP) is 4.53. The number of dihydropyridines is 1. The van der Waals surface area contributed by atoms with Crippen LogP contribution in [0.1, 0.15) is 38.7 Å². The fourth-order valence-electron chi connectivity index (χ4n) is 5.56. The number of nitrogens with zero attached hydrogens (tertiary/aromatic N) is 3. The van der Waals surface area contributed by atoms with Crippen LogP contribution in [0.4, 0.5) is 23.4 Å². The molecule has 186 valence electrons. The minimum atomic E-state index is -1.81. The molecule has 10 heteroatoms. The van der Waals surface area contributed by atoms with Gasteiger partial charge in [-0.3, -0.25) is 4.98 Å². The van der Waals surface area contributed by atoms with Gasteiger partial charge in [-0.15, -0.1) is 0 Å². The van der Waals surface area contributed by atoms with Crippen LogP contribution in [0.15, 0.2) is 42.6 Å². The van der Waals surface area contributed by atoms with Gasteiger partial charge in [0.05, 0.1) is 24.1 Å². The van der Waals surface area contributed by atoms with Gasteiger partial charge in [-0.05, 0) is 63.0 Å². The van der Waals surface area contributed by atoms with Crippen molar-refractivity contribution in [1.82, 2.24) is 20.6 Å². The first-order valence-electron chi connectivity index (χ1n) is 11.5. The van der Waals surface area contributed by atoms with Crippen LogP contribution >= 0.6 is 0 Å². The molecule has 0 radical (unpaired) electrons. The Balaban J connectivity index is 1.40. The fraction of sp³-hybridized carbons (Fsp3) is 0.440. The number of allylic oxidation sites excluding steroid dienone is 2. The molecule has 4 heterocycles. The number of phenolic OH excluding ortho intramolecular Hbond substituents is 1. The maximum absolute atomic E-state index is 15.4. The van der Waals surface area contributed by atoms with E-state index < -0.39 is 29.8 Å². The number of nitrogens with one attached hydrogen (secondary N) is 2. The van der Waals surface area contributed by atoms with Crippen LogP contribution in [0, 0.1) is 5.82 Å². The van der Waals surface area contributed by atoms with Gasteiger partial charge < -0.3 is 20.6 Å². The molecule has 0 aliphatic carbocycles. The largest absolute Gasteiger partial charge is 0.507 e. The SMILES string of the molecule is CN(c1cnc(-c2cc(F)c(C3=CC(F)NC(F)=C3)cc2O)cn1)[C@@H]1C[C@@]2(C)CC[C@](C)(N2)[C@@H]1F. The van der Waals surface area contributed by atoms with Crippen molar-refractivity contribution in [3.05, 3.63) is 54.0 Å². The van der Waals surface area contributed by atoms with E-state index in [9.17, 15) is 18.3 Å².